The lowest BCUT2D eigenvalue weighted by molar-refractivity contribution is 0.529. The predicted octanol–water partition coefficient (Wildman–Crippen LogP) is 4.47. The predicted molar refractivity (Wildman–Crippen MR) is 93.2 cm³/mol. The van der Waals surface area contributed by atoms with Gasteiger partial charge in [0.15, 0.2) is 5.17 Å². The second-order valence-corrected chi connectivity index (χ2v) is 6.99. The first kappa shape index (κ1) is 14.4. The molecule has 1 aliphatic rings. The number of hydrogen-bond donors (Lipinski definition) is 1. The van der Waals surface area contributed by atoms with Crippen molar-refractivity contribution in [3.8, 4) is 0 Å². The zero-order valence-electron chi connectivity index (χ0n) is 12.8. The third kappa shape index (κ3) is 3.38. The molecule has 2 aromatic rings. The van der Waals surface area contributed by atoms with E-state index in [1.807, 2.05) is 24.8 Å². The number of benzene rings is 1. The Labute approximate surface area is 130 Å². The Morgan fingerprint density at radius 3 is 2.95 bits per heavy atom. The second-order valence-electron chi connectivity index (χ2n) is 5.98. The van der Waals surface area contributed by atoms with Crippen LogP contribution in [0.3, 0.4) is 0 Å². The van der Waals surface area contributed by atoms with Crippen LogP contribution in [0.15, 0.2) is 35.3 Å². The molecule has 1 aliphatic heterocycles. The Hall–Kier alpha value is -1.55. The van der Waals surface area contributed by atoms with E-state index in [0.717, 1.165) is 39.6 Å². The summed E-state index contributed by atoms with van der Waals surface area (Å²) in [5.74, 6) is 1.78. The minimum absolute atomic E-state index is 0.446. The van der Waals surface area contributed by atoms with E-state index in [9.17, 15) is 0 Å². The summed E-state index contributed by atoms with van der Waals surface area (Å²) in [6.07, 6.45) is 1.16. The van der Waals surface area contributed by atoms with Crippen molar-refractivity contribution in [1.82, 2.24) is 4.98 Å². The molecule has 1 aromatic heterocycles. The zero-order chi connectivity index (χ0) is 14.8. The molecule has 2 heterocycles. The normalized spacial score (nSPS) is 18.3. The third-order valence-electron chi connectivity index (χ3n) is 3.56. The first-order chi connectivity index (χ1) is 10.1. The zero-order valence-corrected chi connectivity index (χ0v) is 13.6. The van der Waals surface area contributed by atoms with Gasteiger partial charge in [-0.15, -0.1) is 0 Å². The summed E-state index contributed by atoms with van der Waals surface area (Å²) >= 11 is 1.81. The topological polar surface area (TPSA) is 37.3 Å². The van der Waals surface area contributed by atoms with Crippen LogP contribution in [0.5, 0.6) is 0 Å². The average Bonchev–Trinajstić information content (AvgIpc) is 2.86. The lowest BCUT2D eigenvalue weighted by atomic mass is 10.1. The summed E-state index contributed by atoms with van der Waals surface area (Å²) in [7, 11) is 0. The Kier molecular flexibility index (Phi) is 4.15. The molecule has 21 heavy (non-hydrogen) atoms. The molecule has 3 nitrogen and oxygen atoms in total. The second kappa shape index (κ2) is 6.06. The Balaban J connectivity index is 1.84. The number of thioether (sulfide) groups is 1. The van der Waals surface area contributed by atoms with Gasteiger partial charge in [0.2, 0.25) is 0 Å². The van der Waals surface area contributed by atoms with Gasteiger partial charge in [0.25, 0.3) is 0 Å². The van der Waals surface area contributed by atoms with Gasteiger partial charge in [-0.3, -0.25) is 9.98 Å². The minimum Gasteiger partial charge on any atom is -0.333 e. The van der Waals surface area contributed by atoms with E-state index >= 15 is 0 Å². The molecule has 0 amide bonds. The summed E-state index contributed by atoms with van der Waals surface area (Å²) in [6.45, 7) is 6.53. The number of fused-ring (bicyclic) bond motifs is 1. The summed E-state index contributed by atoms with van der Waals surface area (Å²) in [5.41, 5.74) is 3.11. The fourth-order valence-electron chi connectivity index (χ4n) is 2.61. The molecule has 0 saturated heterocycles. The van der Waals surface area contributed by atoms with E-state index < -0.39 is 0 Å². The monoisotopic (exact) mass is 299 g/mol. The molecule has 1 aromatic carbocycles. The number of rotatable bonds is 3. The van der Waals surface area contributed by atoms with E-state index in [1.54, 1.807) is 0 Å². The molecule has 0 saturated carbocycles. The van der Waals surface area contributed by atoms with Crippen LogP contribution in [0.4, 0.5) is 5.69 Å². The Bertz CT molecular complexity index is 679. The number of aryl methyl sites for hydroxylation is 1. The number of nitrogens with one attached hydrogen (secondary N) is 1. The van der Waals surface area contributed by atoms with Gasteiger partial charge in [0.05, 0.1) is 17.2 Å². The van der Waals surface area contributed by atoms with E-state index in [2.05, 4.69) is 48.4 Å². The van der Waals surface area contributed by atoms with Crippen molar-refractivity contribution in [2.75, 3.05) is 11.1 Å². The highest BCUT2D eigenvalue weighted by atomic mass is 32.2. The van der Waals surface area contributed by atoms with Gasteiger partial charge in [-0.2, -0.15) is 0 Å². The van der Waals surface area contributed by atoms with Gasteiger partial charge < -0.3 is 5.32 Å². The third-order valence-corrected chi connectivity index (χ3v) is 4.59. The smallest absolute Gasteiger partial charge is 0.161 e. The largest absolute Gasteiger partial charge is 0.333 e. The van der Waals surface area contributed by atoms with E-state index in [1.165, 1.54) is 0 Å². The first-order valence-corrected chi connectivity index (χ1v) is 8.44. The maximum Gasteiger partial charge on any atom is 0.161 e. The highest BCUT2D eigenvalue weighted by molar-refractivity contribution is 8.14. The fraction of sp³-hybridized carbons (Fsp3) is 0.412. The number of amidine groups is 1. The average molecular weight is 299 g/mol. The Morgan fingerprint density at radius 2 is 2.14 bits per heavy atom. The van der Waals surface area contributed by atoms with Crippen molar-refractivity contribution in [3.05, 3.63) is 36.0 Å². The van der Waals surface area contributed by atoms with E-state index in [4.69, 9.17) is 4.99 Å². The van der Waals surface area contributed by atoms with E-state index in [0.29, 0.717) is 12.0 Å². The lowest BCUT2D eigenvalue weighted by Crippen LogP contribution is -2.08. The molecule has 1 unspecified atom stereocenters. The van der Waals surface area contributed by atoms with Gasteiger partial charge in [-0.25, -0.2) is 0 Å². The van der Waals surface area contributed by atoms with Crippen LogP contribution in [-0.2, 0) is 0 Å². The highest BCUT2D eigenvalue weighted by Crippen LogP contribution is 2.27. The number of pyridine rings is 1. The molecule has 1 N–H and O–H groups in total. The Morgan fingerprint density at radius 1 is 1.29 bits per heavy atom. The lowest BCUT2D eigenvalue weighted by Gasteiger charge is -2.09. The van der Waals surface area contributed by atoms with Gasteiger partial charge in [0, 0.05) is 16.8 Å². The highest BCUT2D eigenvalue weighted by Gasteiger charge is 2.19. The summed E-state index contributed by atoms with van der Waals surface area (Å²) in [5, 5.41) is 5.65. The van der Waals surface area contributed by atoms with Crippen LogP contribution < -0.4 is 5.32 Å². The molecular formula is C17H21N3S. The van der Waals surface area contributed by atoms with Crippen LogP contribution in [0.1, 0.15) is 26.0 Å². The summed E-state index contributed by atoms with van der Waals surface area (Å²) in [4.78, 5) is 9.45. The number of aliphatic imine (C=N–C) groups is 1. The fourth-order valence-corrected chi connectivity index (χ4v) is 3.58. The molecule has 3 rings (SSSR count). The molecule has 0 fully saturated rings. The van der Waals surface area contributed by atoms with Crippen LogP contribution in [-0.4, -0.2) is 21.9 Å². The number of para-hydroxylation sites is 1. The number of aromatic nitrogens is 1. The van der Waals surface area contributed by atoms with Crippen LogP contribution in [0, 0.1) is 12.8 Å². The molecule has 4 heteroatoms. The maximum absolute atomic E-state index is 4.79. The molecule has 0 aliphatic carbocycles. The molecule has 110 valence electrons. The van der Waals surface area contributed by atoms with Crippen molar-refractivity contribution >= 4 is 33.5 Å². The van der Waals surface area contributed by atoms with Gasteiger partial charge in [-0.1, -0.05) is 43.8 Å². The molecule has 0 spiro atoms. The molecule has 1 atom stereocenters. The van der Waals surface area contributed by atoms with Crippen LogP contribution in [0.25, 0.3) is 10.9 Å². The van der Waals surface area contributed by atoms with Crippen LogP contribution in [0.2, 0.25) is 0 Å². The number of nitrogens with zero attached hydrogens (tertiary/aromatic N) is 2. The first-order valence-electron chi connectivity index (χ1n) is 7.46. The maximum atomic E-state index is 4.79. The SMILES string of the molecule is Cc1ccc2cccc(NC3=NC(CC(C)C)CS3)c2n1. The van der Waals surface area contributed by atoms with Crippen molar-refractivity contribution in [2.24, 2.45) is 10.9 Å². The van der Waals surface area contributed by atoms with Crippen molar-refractivity contribution < 1.29 is 0 Å². The molecular weight excluding hydrogens is 278 g/mol. The quantitative estimate of drug-likeness (QED) is 0.908. The molecule has 0 radical (unpaired) electrons. The van der Waals surface area contributed by atoms with E-state index in [-0.39, 0.29) is 0 Å². The summed E-state index contributed by atoms with van der Waals surface area (Å²) in [6, 6.07) is 10.8. The van der Waals surface area contributed by atoms with Gasteiger partial charge >= 0.3 is 0 Å². The van der Waals surface area contributed by atoms with Crippen molar-refractivity contribution in [1.29, 1.82) is 0 Å². The van der Waals surface area contributed by atoms with Crippen molar-refractivity contribution in [2.45, 2.75) is 33.2 Å². The van der Waals surface area contributed by atoms with Gasteiger partial charge in [0.1, 0.15) is 0 Å². The van der Waals surface area contributed by atoms with Crippen LogP contribution >= 0.6 is 11.8 Å². The standard InChI is InChI=1S/C17H21N3S/c1-11(2)9-14-10-21-17(19-14)20-15-6-4-5-13-8-7-12(3)18-16(13)15/h4-8,11,14H,9-10H2,1-3H3,(H,19,20). The summed E-state index contributed by atoms with van der Waals surface area (Å²) < 4.78 is 0. The van der Waals surface area contributed by atoms with Crippen molar-refractivity contribution in [3.63, 3.8) is 0 Å². The number of hydrogen-bond acceptors (Lipinski definition) is 4. The van der Waals surface area contributed by atoms with Gasteiger partial charge in [-0.05, 0) is 31.4 Å². The number of anilines is 1. The molecule has 0 bridgehead atoms. The minimum atomic E-state index is 0.446.